The number of carbonyl (C=O) groups excluding carboxylic acids is 2. The van der Waals surface area contributed by atoms with Gasteiger partial charge in [-0.15, -0.1) is 0 Å². The smallest absolute Gasteiger partial charge is 0.341 e. The van der Waals surface area contributed by atoms with Gasteiger partial charge in [-0.2, -0.15) is 0 Å². The van der Waals surface area contributed by atoms with Crippen LogP contribution in [0.1, 0.15) is 75.6 Å². The minimum absolute atomic E-state index is 0.108. The number of fused-ring (bicyclic) bond motifs is 3. The number of hydrogen-bond donors (Lipinski definition) is 1. The molecule has 1 atom stereocenters. The number of methoxy groups -OCH3 is 1. The summed E-state index contributed by atoms with van der Waals surface area (Å²) in [6.07, 6.45) is 3.42. The highest BCUT2D eigenvalue weighted by atomic mass is 32.2. The zero-order valence-corrected chi connectivity index (χ0v) is 30.6. The molecule has 3 heterocycles. The second-order valence-electron chi connectivity index (χ2n) is 14.9. The molecule has 3 aromatic rings. The van der Waals surface area contributed by atoms with Crippen molar-refractivity contribution in [3.8, 4) is 0 Å². The first-order valence-corrected chi connectivity index (χ1v) is 19.0. The Kier molecular flexibility index (Phi) is 8.75. The van der Waals surface area contributed by atoms with Crippen molar-refractivity contribution in [3.05, 3.63) is 68.1 Å². The third kappa shape index (κ3) is 6.06. The lowest BCUT2D eigenvalue weighted by Crippen LogP contribution is -2.53. The summed E-state index contributed by atoms with van der Waals surface area (Å²) in [4.78, 5) is 49.2. The molecule has 0 bridgehead atoms. The lowest BCUT2D eigenvalue weighted by molar-refractivity contribution is 0.0732. The van der Waals surface area contributed by atoms with Crippen molar-refractivity contribution in [1.29, 1.82) is 0 Å². The predicted molar refractivity (Wildman–Crippen MR) is 193 cm³/mol. The number of nitrogens with zero attached hydrogens (tertiary/aromatic N) is 4. The molecule has 1 N–H and O–H groups in total. The van der Waals surface area contributed by atoms with Crippen LogP contribution in [0.5, 0.6) is 0 Å². The Balaban J connectivity index is 1.16. The number of piperazine rings is 1. The first-order valence-electron chi connectivity index (χ1n) is 17.5. The number of carbonyl (C=O) groups is 2. The molecule has 268 valence electrons. The van der Waals surface area contributed by atoms with Gasteiger partial charge in [-0.05, 0) is 95.3 Å². The maximum absolute atomic E-state index is 14.0. The van der Waals surface area contributed by atoms with E-state index in [1.807, 2.05) is 18.9 Å². The minimum Gasteiger partial charge on any atom is -0.422 e. The van der Waals surface area contributed by atoms with Gasteiger partial charge in [0.1, 0.15) is 5.58 Å². The van der Waals surface area contributed by atoms with Gasteiger partial charge in [-0.25, -0.2) is 17.9 Å². The molecular weight excluding hydrogens is 659 g/mol. The topological polar surface area (TPSA) is 133 Å². The number of aryl methyl sites for hydroxylation is 2. The summed E-state index contributed by atoms with van der Waals surface area (Å²) in [6, 6.07) is 7.42. The molecule has 13 heteroatoms. The average Bonchev–Trinajstić information content (AvgIpc) is 4.03. The maximum Gasteiger partial charge on any atom is 0.341 e. The van der Waals surface area contributed by atoms with E-state index >= 15 is 0 Å². The second-order valence-corrected chi connectivity index (χ2v) is 17.1. The fourth-order valence-electron chi connectivity index (χ4n) is 7.53. The Bertz CT molecular complexity index is 2050. The molecule has 1 saturated heterocycles. The molecule has 2 amide bonds. The van der Waals surface area contributed by atoms with E-state index < -0.39 is 26.3 Å². The fourth-order valence-corrected chi connectivity index (χ4v) is 8.77. The van der Waals surface area contributed by atoms with Gasteiger partial charge in [0.05, 0.1) is 40.8 Å². The Labute approximate surface area is 293 Å². The average molecular weight is 706 g/mol. The molecule has 12 nitrogen and oxygen atoms in total. The first kappa shape index (κ1) is 34.5. The summed E-state index contributed by atoms with van der Waals surface area (Å²) in [7, 11) is 1.86. The minimum atomic E-state index is -3.83. The van der Waals surface area contributed by atoms with Crippen molar-refractivity contribution < 1.29 is 27.2 Å². The van der Waals surface area contributed by atoms with Gasteiger partial charge in [0.15, 0.2) is 0 Å². The quantitative estimate of drug-likeness (QED) is 0.330. The van der Waals surface area contributed by atoms with Crippen LogP contribution in [0.2, 0.25) is 0 Å². The molecular formula is C37H47N5O7S. The van der Waals surface area contributed by atoms with E-state index in [1.165, 1.54) is 6.07 Å². The van der Waals surface area contributed by atoms with Crippen LogP contribution in [0.15, 0.2) is 33.5 Å². The van der Waals surface area contributed by atoms with E-state index in [0.29, 0.717) is 54.8 Å². The van der Waals surface area contributed by atoms with Gasteiger partial charge < -0.3 is 23.9 Å². The monoisotopic (exact) mass is 705 g/mol. The van der Waals surface area contributed by atoms with Crippen LogP contribution in [-0.2, 0) is 27.7 Å². The molecule has 4 aliphatic rings. The summed E-state index contributed by atoms with van der Waals surface area (Å²) >= 11 is 0. The van der Waals surface area contributed by atoms with Crippen molar-refractivity contribution in [3.63, 3.8) is 0 Å². The third-order valence-corrected chi connectivity index (χ3v) is 13.5. The zero-order valence-electron chi connectivity index (χ0n) is 29.8. The molecule has 2 saturated carbocycles. The van der Waals surface area contributed by atoms with Crippen LogP contribution in [-0.4, -0.2) is 101 Å². The fraction of sp³-hybridized carbons (Fsp3) is 0.541. The van der Waals surface area contributed by atoms with E-state index in [-0.39, 0.29) is 30.1 Å². The Morgan fingerprint density at radius 2 is 1.84 bits per heavy atom. The molecule has 0 radical (unpaired) electrons. The highest BCUT2D eigenvalue weighted by Crippen LogP contribution is 2.43. The van der Waals surface area contributed by atoms with E-state index in [2.05, 4.69) is 34.6 Å². The summed E-state index contributed by atoms with van der Waals surface area (Å²) in [6.45, 7) is 9.42. The molecule has 50 heavy (non-hydrogen) atoms. The number of rotatable bonds is 9. The van der Waals surface area contributed by atoms with Gasteiger partial charge in [0.2, 0.25) is 10.0 Å². The van der Waals surface area contributed by atoms with Crippen LogP contribution in [0.25, 0.3) is 11.0 Å². The zero-order chi connectivity index (χ0) is 35.7. The van der Waals surface area contributed by atoms with E-state index in [9.17, 15) is 22.8 Å². The number of ether oxygens (including phenoxy) is 1. The normalized spacial score (nSPS) is 20.5. The molecule has 0 spiro atoms. The number of benzene rings is 2. The van der Waals surface area contributed by atoms with E-state index in [0.717, 1.165) is 60.2 Å². The number of anilines is 2. The van der Waals surface area contributed by atoms with Crippen LogP contribution < -0.4 is 20.1 Å². The Morgan fingerprint density at radius 1 is 1.10 bits per heavy atom. The Hall–Kier alpha value is -3.94. The van der Waals surface area contributed by atoms with Gasteiger partial charge in [0, 0.05) is 68.6 Å². The second kappa shape index (κ2) is 12.7. The first-order chi connectivity index (χ1) is 23.7. The SMILES string of the molecule is COC[C@H]1CN(c2cc(C)c3c4c(c(=O)oc3c2C)CN(C(=O)c2ccc(C(=O)NS(=O)(=O)C3(C)CC3)c(N(C)C3CC3)c2)CC4)CCN1C. The van der Waals surface area contributed by atoms with Crippen molar-refractivity contribution in [2.75, 3.05) is 63.8 Å². The largest absolute Gasteiger partial charge is 0.422 e. The standard InChI is InChI=1S/C37H47N5O7S/c1-22-17-30(41-16-15-39(4)26(19-41)21-48-6)23(2)33-32(22)27-11-14-42(20-29(27)36(45)49-33)35(44)24-7-10-28(31(18-24)40(5)25-8-9-25)34(43)38-50(46,47)37(3)12-13-37/h7,10,17-18,25-26H,8-9,11-16,19-21H2,1-6H3,(H,38,43)/t26-/m1/s1. The van der Waals surface area contributed by atoms with Gasteiger partial charge >= 0.3 is 5.63 Å². The predicted octanol–water partition coefficient (Wildman–Crippen LogP) is 3.59. The lowest BCUT2D eigenvalue weighted by Gasteiger charge is -2.41. The summed E-state index contributed by atoms with van der Waals surface area (Å²) < 4.78 is 38.6. The van der Waals surface area contributed by atoms with Crippen molar-refractivity contribution in [2.45, 2.75) is 76.3 Å². The lowest BCUT2D eigenvalue weighted by atomic mass is 9.92. The molecule has 3 fully saturated rings. The summed E-state index contributed by atoms with van der Waals surface area (Å²) in [5, 5.41) is 0.939. The molecule has 0 unspecified atom stereocenters. The van der Waals surface area contributed by atoms with Crippen molar-refractivity contribution in [1.82, 2.24) is 14.5 Å². The van der Waals surface area contributed by atoms with E-state index in [4.69, 9.17) is 9.15 Å². The number of likely N-dealkylation sites (N-methyl/N-ethyl adjacent to an activating group) is 1. The van der Waals surface area contributed by atoms with Crippen molar-refractivity contribution >= 4 is 44.2 Å². The Morgan fingerprint density at radius 3 is 2.52 bits per heavy atom. The highest BCUT2D eigenvalue weighted by molar-refractivity contribution is 7.91. The molecule has 2 aromatic carbocycles. The number of sulfonamides is 1. The molecule has 1 aromatic heterocycles. The molecule has 2 aliphatic heterocycles. The van der Waals surface area contributed by atoms with Crippen molar-refractivity contribution in [2.24, 2.45) is 0 Å². The molecule has 2 aliphatic carbocycles. The van der Waals surface area contributed by atoms with E-state index in [1.54, 1.807) is 31.1 Å². The van der Waals surface area contributed by atoms with Crippen LogP contribution in [0.3, 0.4) is 0 Å². The van der Waals surface area contributed by atoms with Crippen LogP contribution in [0, 0.1) is 13.8 Å². The van der Waals surface area contributed by atoms with Crippen LogP contribution >= 0.6 is 0 Å². The molecule has 7 rings (SSSR count). The number of nitrogens with one attached hydrogen (secondary N) is 1. The summed E-state index contributed by atoms with van der Waals surface area (Å²) in [5.74, 6) is -0.971. The van der Waals surface area contributed by atoms with Gasteiger partial charge in [0.25, 0.3) is 11.8 Å². The van der Waals surface area contributed by atoms with Gasteiger partial charge in [-0.3, -0.25) is 14.5 Å². The number of hydrogen-bond acceptors (Lipinski definition) is 10. The van der Waals surface area contributed by atoms with Crippen LogP contribution in [0.4, 0.5) is 11.4 Å². The summed E-state index contributed by atoms with van der Waals surface area (Å²) in [5.41, 5.74) is 5.67. The number of amides is 2. The van der Waals surface area contributed by atoms with Gasteiger partial charge in [-0.1, -0.05) is 0 Å². The highest BCUT2D eigenvalue weighted by Gasteiger charge is 2.51. The third-order valence-electron chi connectivity index (χ3n) is 11.3. The maximum atomic E-state index is 14.0.